The van der Waals surface area contributed by atoms with Crippen molar-refractivity contribution >= 4 is 47.2 Å². The Bertz CT molecular complexity index is 1600. The molecule has 8 N–H and O–H groups in total. The number of rotatable bonds is 21. The highest BCUT2D eigenvalue weighted by molar-refractivity contribution is 8.00. The van der Waals surface area contributed by atoms with E-state index < -0.39 is 48.2 Å². The minimum absolute atomic E-state index is 0.0281. The molecule has 14 nitrogen and oxygen atoms in total. The van der Waals surface area contributed by atoms with Gasteiger partial charge in [-0.1, -0.05) is 112 Å². The van der Waals surface area contributed by atoms with Crippen LogP contribution in [0.25, 0.3) is 0 Å². The molecule has 6 atom stereocenters. The number of aliphatic hydroxyl groups excluding tert-OH is 2. The number of nitrogens with one attached hydrogen (secondary N) is 6. The van der Waals surface area contributed by atoms with Crippen molar-refractivity contribution in [2.24, 2.45) is 11.8 Å². The number of aliphatic hydroxyl groups is 2. The lowest BCUT2D eigenvalue weighted by atomic mass is 9.90. The van der Waals surface area contributed by atoms with Crippen molar-refractivity contribution in [3.8, 4) is 0 Å². The Labute approximate surface area is 323 Å². The standard InChI is InChI=1S/C38H50N8O6S2/c1-23(2)31(45-29(47)21-53-37-39-15-16-40-37)35(51)43-27(19-25-11-7-5-8-12-25)33(49)34(50)28(20-26-13-9-6-10-14-26)44-36(52)32(24(3)4)46-30(48)22-54-38-41-17-18-42-38/h5-18,23-24,27-28,31-34,49-50H,19-22H2,1-4H3,(H,39,40)(H,41,42)(H,43,51)(H,44,52)(H,45,47)(H,46,48)/t27?,28?,31-,32-,33?,34?/m0/s1. The molecule has 0 fully saturated rings. The summed E-state index contributed by atoms with van der Waals surface area (Å²) in [6.45, 7) is 7.19. The third kappa shape index (κ3) is 13.3. The molecule has 0 aliphatic heterocycles. The van der Waals surface area contributed by atoms with Gasteiger partial charge in [0.15, 0.2) is 10.3 Å². The SMILES string of the molecule is CC(C)[C@H](NC(=O)CSc1ncc[nH]1)C(=O)NC(Cc1ccccc1)C(O)C(O)C(Cc1ccccc1)NC(=O)[C@@H](NC(=O)CSc1ncc[nH]1)C(C)C. The number of hydrogen-bond donors (Lipinski definition) is 8. The number of amides is 4. The molecule has 2 aromatic carbocycles. The third-order valence-electron chi connectivity index (χ3n) is 8.58. The number of benzene rings is 2. The first kappa shape index (κ1) is 42.1. The van der Waals surface area contributed by atoms with Crippen molar-refractivity contribution < 1.29 is 29.4 Å². The van der Waals surface area contributed by atoms with E-state index in [2.05, 4.69) is 41.2 Å². The summed E-state index contributed by atoms with van der Waals surface area (Å²) in [6, 6.07) is 14.4. The second kappa shape index (κ2) is 21.3. The number of aromatic nitrogens is 4. The van der Waals surface area contributed by atoms with Gasteiger partial charge in [0, 0.05) is 24.8 Å². The van der Waals surface area contributed by atoms with Crippen LogP contribution < -0.4 is 21.3 Å². The molecule has 0 radical (unpaired) electrons. The van der Waals surface area contributed by atoms with E-state index in [0.717, 1.165) is 11.1 Å². The Morgan fingerprint density at radius 1 is 0.611 bits per heavy atom. The van der Waals surface area contributed by atoms with Crippen LogP contribution in [0.5, 0.6) is 0 Å². The zero-order chi connectivity index (χ0) is 39.0. The Morgan fingerprint density at radius 2 is 0.981 bits per heavy atom. The first-order chi connectivity index (χ1) is 25.9. The molecule has 0 aliphatic carbocycles. The number of aromatic amines is 2. The molecule has 4 rings (SSSR count). The van der Waals surface area contributed by atoms with Gasteiger partial charge in [-0.3, -0.25) is 19.2 Å². The van der Waals surface area contributed by atoms with Crippen LogP contribution in [0.1, 0.15) is 38.8 Å². The quantitative estimate of drug-likeness (QED) is 0.0579. The van der Waals surface area contributed by atoms with Gasteiger partial charge < -0.3 is 41.4 Å². The maximum Gasteiger partial charge on any atom is 0.243 e. The summed E-state index contributed by atoms with van der Waals surface area (Å²) in [5.74, 6) is -2.38. The Morgan fingerprint density at radius 3 is 1.30 bits per heavy atom. The summed E-state index contributed by atoms with van der Waals surface area (Å²) < 4.78 is 0. The zero-order valence-electron chi connectivity index (χ0n) is 30.8. The summed E-state index contributed by atoms with van der Waals surface area (Å²) in [5.41, 5.74) is 1.57. The molecular formula is C38H50N8O6S2. The van der Waals surface area contributed by atoms with Gasteiger partial charge in [-0.05, 0) is 35.8 Å². The first-order valence-electron chi connectivity index (χ1n) is 17.8. The topological polar surface area (TPSA) is 214 Å². The largest absolute Gasteiger partial charge is 0.388 e. The first-order valence-corrected chi connectivity index (χ1v) is 19.8. The second-order valence-corrected chi connectivity index (χ2v) is 15.5. The van der Waals surface area contributed by atoms with Crippen molar-refractivity contribution in [1.82, 2.24) is 41.2 Å². The van der Waals surface area contributed by atoms with Crippen molar-refractivity contribution in [1.29, 1.82) is 0 Å². The summed E-state index contributed by atoms with van der Waals surface area (Å²) in [7, 11) is 0. The highest BCUT2D eigenvalue weighted by Gasteiger charge is 2.37. The Balaban J connectivity index is 1.53. The third-order valence-corrected chi connectivity index (χ3v) is 10.4. The predicted molar refractivity (Wildman–Crippen MR) is 208 cm³/mol. The van der Waals surface area contributed by atoms with Crippen LogP contribution in [0.4, 0.5) is 0 Å². The summed E-state index contributed by atoms with van der Waals surface area (Å²) in [5, 5.41) is 36.3. The van der Waals surface area contributed by atoms with E-state index in [1.54, 1.807) is 52.5 Å². The van der Waals surface area contributed by atoms with Crippen LogP contribution in [0.2, 0.25) is 0 Å². The van der Waals surface area contributed by atoms with Crippen LogP contribution in [-0.2, 0) is 32.0 Å². The van der Waals surface area contributed by atoms with Gasteiger partial charge in [0.2, 0.25) is 23.6 Å². The van der Waals surface area contributed by atoms with Gasteiger partial charge in [-0.2, -0.15) is 0 Å². The average Bonchev–Trinajstić information content (AvgIpc) is 3.89. The molecule has 0 aliphatic rings. The number of thioether (sulfide) groups is 2. The van der Waals surface area contributed by atoms with E-state index in [-0.39, 0.29) is 48.0 Å². The lowest BCUT2D eigenvalue weighted by Crippen LogP contribution is -2.61. The molecule has 2 aromatic heterocycles. The minimum Gasteiger partial charge on any atom is -0.388 e. The maximum atomic E-state index is 13.9. The number of carbonyl (C=O) groups is 4. The van der Waals surface area contributed by atoms with Crippen LogP contribution in [-0.4, -0.2) is 102 Å². The molecule has 4 unspecified atom stereocenters. The van der Waals surface area contributed by atoms with Crippen LogP contribution >= 0.6 is 23.5 Å². The molecule has 54 heavy (non-hydrogen) atoms. The van der Waals surface area contributed by atoms with Crippen LogP contribution in [0.15, 0.2) is 95.8 Å². The fraction of sp³-hybridized carbons (Fsp3) is 0.421. The van der Waals surface area contributed by atoms with E-state index in [4.69, 9.17) is 0 Å². The monoisotopic (exact) mass is 778 g/mol. The Hall–Kier alpha value is -4.64. The Kier molecular flexibility index (Phi) is 16.6. The van der Waals surface area contributed by atoms with Crippen molar-refractivity contribution in [2.45, 2.75) is 87.2 Å². The number of hydrogen-bond acceptors (Lipinski definition) is 10. The number of imidazole rings is 2. The fourth-order valence-corrected chi connectivity index (χ4v) is 6.97. The highest BCUT2D eigenvalue weighted by Crippen LogP contribution is 2.18. The molecular weight excluding hydrogens is 729 g/mol. The summed E-state index contributed by atoms with van der Waals surface area (Å²) in [6.07, 6.45) is 3.60. The lowest BCUT2D eigenvalue weighted by Gasteiger charge is -2.35. The van der Waals surface area contributed by atoms with E-state index in [1.807, 2.05) is 60.7 Å². The van der Waals surface area contributed by atoms with E-state index in [9.17, 15) is 29.4 Å². The summed E-state index contributed by atoms with van der Waals surface area (Å²) >= 11 is 2.39. The van der Waals surface area contributed by atoms with E-state index >= 15 is 0 Å². The number of H-pyrrole nitrogens is 2. The van der Waals surface area contributed by atoms with Gasteiger partial charge in [0.1, 0.15) is 24.3 Å². The van der Waals surface area contributed by atoms with E-state index in [1.165, 1.54) is 23.5 Å². The molecule has 0 saturated heterocycles. The average molecular weight is 779 g/mol. The highest BCUT2D eigenvalue weighted by atomic mass is 32.2. The number of carbonyl (C=O) groups excluding carboxylic acids is 4. The van der Waals surface area contributed by atoms with Crippen LogP contribution in [0.3, 0.4) is 0 Å². The van der Waals surface area contributed by atoms with E-state index in [0.29, 0.717) is 10.3 Å². The molecule has 4 amide bonds. The zero-order valence-corrected chi connectivity index (χ0v) is 32.4. The molecule has 16 heteroatoms. The summed E-state index contributed by atoms with van der Waals surface area (Å²) in [4.78, 5) is 67.5. The minimum atomic E-state index is -1.57. The lowest BCUT2D eigenvalue weighted by molar-refractivity contribution is -0.132. The van der Waals surface area contributed by atoms with Crippen LogP contribution in [0, 0.1) is 11.8 Å². The molecule has 290 valence electrons. The smallest absolute Gasteiger partial charge is 0.243 e. The predicted octanol–water partition coefficient (Wildman–Crippen LogP) is 2.48. The van der Waals surface area contributed by atoms with Gasteiger partial charge >= 0.3 is 0 Å². The second-order valence-electron chi connectivity index (χ2n) is 13.5. The van der Waals surface area contributed by atoms with Crippen molar-refractivity contribution in [3.63, 3.8) is 0 Å². The maximum absolute atomic E-state index is 13.9. The van der Waals surface area contributed by atoms with Gasteiger partial charge in [0.25, 0.3) is 0 Å². The van der Waals surface area contributed by atoms with Crippen molar-refractivity contribution in [2.75, 3.05) is 11.5 Å². The molecule has 0 saturated carbocycles. The normalized spacial score (nSPS) is 14.7. The van der Waals surface area contributed by atoms with Gasteiger partial charge in [0.05, 0.1) is 23.6 Å². The molecule has 0 bridgehead atoms. The van der Waals surface area contributed by atoms with Gasteiger partial charge in [-0.15, -0.1) is 0 Å². The molecule has 4 aromatic rings. The molecule has 0 spiro atoms. The van der Waals surface area contributed by atoms with Gasteiger partial charge in [-0.25, -0.2) is 9.97 Å². The number of nitrogens with zero attached hydrogens (tertiary/aromatic N) is 2. The van der Waals surface area contributed by atoms with Crippen molar-refractivity contribution in [3.05, 3.63) is 96.6 Å². The molecule has 2 heterocycles. The fourth-order valence-electron chi connectivity index (χ4n) is 5.70.